The van der Waals surface area contributed by atoms with Crippen molar-refractivity contribution in [1.29, 1.82) is 0 Å². The van der Waals surface area contributed by atoms with Gasteiger partial charge in [-0.25, -0.2) is 0 Å². The first kappa shape index (κ1) is 17.7. The van der Waals surface area contributed by atoms with Crippen LogP contribution in [0.2, 0.25) is 0 Å². The third-order valence-corrected chi connectivity index (χ3v) is 4.29. The van der Waals surface area contributed by atoms with Crippen LogP contribution >= 0.6 is 0 Å². The molecule has 2 aromatic rings. The van der Waals surface area contributed by atoms with Crippen LogP contribution in [-0.4, -0.2) is 17.9 Å². The van der Waals surface area contributed by atoms with Crippen molar-refractivity contribution in [1.82, 2.24) is 0 Å². The number of carbonyl (C=O) groups excluding carboxylic acids is 2. The number of primary amides is 1. The monoisotopic (exact) mass is 324 g/mol. The van der Waals surface area contributed by atoms with Crippen LogP contribution in [0.25, 0.3) is 0 Å². The zero-order chi connectivity index (χ0) is 17.9. The second-order valence-corrected chi connectivity index (χ2v) is 7.00. The van der Waals surface area contributed by atoms with Crippen LogP contribution in [0.3, 0.4) is 0 Å². The molecule has 4 nitrogen and oxygen atoms in total. The lowest BCUT2D eigenvalue weighted by Crippen LogP contribution is -2.46. The van der Waals surface area contributed by atoms with E-state index in [1.807, 2.05) is 37.3 Å². The Bertz CT molecular complexity index is 733. The van der Waals surface area contributed by atoms with Crippen molar-refractivity contribution in [3.05, 3.63) is 65.7 Å². The number of nitrogens with zero attached hydrogens (tertiary/aromatic N) is 1. The number of hydrogen-bond acceptors (Lipinski definition) is 2. The van der Waals surface area contributed by atoms with Crippen molar-refractivity contribution < 1.29 is 9.59 Å². The van der Waals surface area contributed by atoms with Gasteiger partial charge in [0, 0.05) is 22.9 Å². The van der Waals surface area contributed by atoms with Crippen LogP contribution in [0.1, 0.15) is 48.4 Å². The predicted octanol–water partition coefficient (Wildman–Crippen LogP) is 3.87. The van der Waals surface area contributed by atoms with E-state index >= 15 is 0 Å². The van der Waals surface area contributed by atoms with Gasteiger partial charge in [0.15, 0.2) is 0 Å². The minimum Gasteiger partial charge on any atom is -0.366 e. The molecule has 2 aromatic carbocycles. The van der Waals surface area contributed by atoms with Crippen molar-refractivity contribution in [2.75, 3.05) is 4.90 Å². The van der Waals surface area contributed by atoms with Gasteiger partial charge in [-0.05, 0) is 42.7 Å². The van der Waals surface area contributed by atoms with Crippen molar-refractivity contribution in [2.45, 2.75) is 33.7 Å². The van der Waals surface area contributed by atoms with Crippen molar-refractivity contribution >= 4 is 17.5 Å². The number of rotatable bonds is 4. The van der Waals surface area contributed by atoms with E-state index in [2.05, 4.69) is 20.8 Å². The standard InChI is InChI=1S/C20H24N2O2/c1-14(20(2,3)4)22(17-11-6-5-7-12-17)19(24)16-10-8-9-15(13-16)18(21)23/h5-14H,1-4H3,(H2,21,23). The molecular weight excluding hydrogens is 300 g/mol. The number of benzene rings is 2. The molecule has 2 N–H and O–H groups in total. The number of hydrogen-bond donors (Lipinski definition) is 1. The lowest BCUT2D eigenvalue weighted by atomic mass is 9.86. The maximum absolute atomic E-state index is 13.2. The molecule has 0 aromatic heterocycles. The summed E-state index contributed by atoms with van der Waals surface area (Å²) in [5.41, 5.74) is 6.84. The normalized spacial score (nSPS) is 12.5. The first-order chi connectivity index (χ1) is 11.2. The predicted molar refractivity (Wildman–Crippen MR) is 97.1 cm³/mol. The Morgan fingerprint density at radius 3 is 2.08 bits per heavy atom. The van der Waals surface area contributed by atoms with Gasteiger partial charge in [-0.15, -0.1) is 0 Å². The second kappa shape index (κ2) is 6.87. The molecule has 0 aliphatic carbocycles. The van der Waals surface area contributed by atoms with E-state index in [-0.39, 0.29) is 17.4 Å². The molecule has 0 bridgehead atoms. The molecule has 2 amide bonds. The topological polar surface area (TPSA) is 63.4 Å². The molecule has 0 spiro atoms. The molecule has 0 radical (unpaired) electrons. The second-order valence-electron chi connectivity index (χ2n) is 7.00. The molecular formula is C20H24N2O2. The summed E-state index contributed by atoms with van der Waals surface area (Å²) < 4.78 is 0. The lowest BCUT2D eigenvalue weighted by Gasteiger charge is -2.38. The fourth-order valence-electron chi connectivity index (χ4n) is 2.44. The highest BCUT2D eigenvalue weighted by molar-refractivity contribution is 6.08. The average Bonchev–Trinajstić information content (AvgIpc) is 2.55. The molecule has 1 atom stereocenters. The number of amides is 2. The summed E-state index contributed by atoms with van der Waals surface area (Å²) >= 11 is 0. The van der Waals surface area contributed by atoms with Crippen LogP contribution < -0.4 is 10.6 Å². The maximum atomic E-state index is 13.2. The van der Waals surface area contributed by atoms with Gasteiger partial charge in [0.05, 0.1) is 0 Å². The highest BCUT2D eigenvalue weighted by Gasteiger charge is 2.31. The molecule has 0 saturated carbocycles. The Labute approximate surface area is 143 Å². The van der Waals surface area contributed by atoms with Gasteiger partial charge in [-0.2, -0.15) is 0 Å². The Balaban J connectivity index is 2.49. The van der Waals surface area contributed by atoms with Gasteiger partial charge < -0.3 is 10.6 Å². The van der Waals surface area contributed by atoms with E-state index in [1.54, 1.807) is 29.2 Å². The smallest absolute Gasteiger partial charge is 0.258 e. The summed E-state index contributed by atoms with van der Waals surface area (Å²) in [6.07, 6.45) is 0. The minimum atomic E-state index is -0.542. The molecule has 0 saturated heterocycles. The zero-order valence-electron chi connectivity index (χ0n) is 14.6. The minimum absolute atomic E-state index is 0.0374. The first-order valence-corrected chi connectivity index (χ1v) is 8.00. The van der Waals surface area contributed by atoms with E-state index in [9.17, 15) is 9.59 Å². The zero-order valence-corrected chi connectivity index (χ0v) is 14.6. The average molecular weight is 324 g/mol. The largest absolute Gasteiger partial charge is 0.366 e. The quantitative estimate of drug-likeness (QED) is 0.928. The number of carbonyl (C=O) groups is 2. The van der Waals surface area contributed by atoms with Crippen LogP contribution in [-0.2, 0) is 0 Å². The fraction of sp³-hybridized carbons (Fsp3) is 0.300. The summed E-state index contributed by atoms with van der Waals surface area (Å²) in [5.74, 6) is -0.688. The Kier molecular flexibility index (Phi) is 5.07. The first-order valence-electron chi connectivity index (χ1n) is 8.00. The van der Waals surface area contributed by atoms with E-state index in [4.69, 9.17) is 5.73 Å². The summed E-state index contributed by atoms with van der Waals surface area (Å²) in [4.78, 5) is 26.4. The van der Waals surface area contributed by atoms with Crippen LogP contribution in [0.5, 0.6) is 0 Å². The maximum Gasteiger partial charge on any atom is 0.258 e. The number of anilines is 1. The van der Waals surface area contributed by atoms with Gasteiger partial charge in [-0.3, -0.25) is 9.59 Å². The van der Waals surface area contributed by atoms with Crippen molar-refractivity contribution in [3.63, 3.8) is 0 Å². The molecule has 1 unspecified atom stereocenters. The Morgan fingerprint density at radius 2 is 1.54 bits per heavy atom. The molecule has 4 heteroatoms. The number of nitrogens with two attached hydrogens (primary N) is 1. The third kappa shape index (κ3) is 3.82. The third-order valence-electron chi connectivity index (χ3n) is 4.29. The van der Waals surface area contributed by atoms with Gasteiger partial charge in [-0.1, -0.05) is 45.0 Å². The highest BCUT2D eigenvalue weighted by atomic mass is 16.2. The summed E-state index contributed by atoms with van der Waals surface area (Å²) in [6.45, 7) is 8.32. The van der Waals surface area contributed by atoms with E-state index in [0.29, 0.717) is 11.1 Å². The SMILES string of the molecule is CC(N(C(=O)c1cccc(C(N)=O)c1)c1ccccc1)C(C)(C)C. The van der Waals surface area contributed by atoms with E-state index in [1.165, 1.54) is 0 Å². The van der Waals surface area contributed by atoms with Gasteiger partial charge >= 0.3 is 0 Å². The molecule has 2 rings (SSSR count). The summed E-state index contributed by atoms with van der Waals surface area (Å²) in [6, 6.07) is 16.1. The molecule has 0 aliphatic heterocycles. The van der Waals surface area contributed by atoms with Crippen molar-refractivity contribution in [3.8, 4) is 0 Å². The summed E-state index contributed by atoms with van der Waals surface area (Å²) in [7, 11) is 0. The van der Waals surface area contributed by atoms with E-state index in [0.717, 1.165) is 5.69 Å². The van der Waals surface area contributed by atoms with E-state index < -0.39 is 5.91 Å². The van der Waals surface area contributed by atoms with Gasteiger partial charge in [0.25, 0.3) is 5.91 Å². The molecule has 0 fully saturated rings. The molecule has 0 aliphatic rings. The van der Waals surface area contributed by atoms with Crippen LogP contribution in [0.15, 0.2) is 54.6 Å². The van der Waals surface area contributed by atoms with Crippen molar-refractivity contribution in [2.24, 2.45) is 11.1 Å². The molecule has 24 heavy (non-hydrogen) atoms. The number of para-hydroxylation sites is 1. The molecule has 126 valence electrons. The Morgan fingerprint density at radius 1 is 0.958 bits per heavy atom. The van der Waals surface area contributed by atoms with Gasteiger partial charge in [0.1, 0.15) is 0 Å². The highest BCUT2D eigenvalue weighted by Crippen LogP contribution is 2.30. The van der Waals surface area contributed by atoms with Crippen LogP contribution in [0.4, 0.5) is 5.69 Å². The lowest BCUT2D eigenvalue weighted by molar-refractivity contribution is 0.0959. The fourth-order valence-corrected chi connectivity index (χ4v) is 2.44. The Hall–Kier alpha value is -2.62. The van der Waals surface area contributed by atoms with Crippen LogP contribution in [0, 0.1) is 5.41 Å². The summed E-state index contributed by atoms with van der Waals surface area (Å²) in [5, 5.41) is 0. The van der Waals surface area contributed by atoms with Gasteiger partial charge in [0.2, 0.25) is 5.91 Å². The molecule has 0 heterocycles.